The molecule has 0 spiro atoms. The van der Waals surface area contributed by atoms with Crippen molar-refractivity contribution in [1.82, 2.24) is 29.8 Å². The summed E-state index contributed by atoms with van der Waals surface area (Å²) in [6.45, 7) is 4.07. The number of aromatic nitrogens is 4. The standard InChI is InChI=1S/C24H33N7O2/c1-29(11-12-30-9-3-2-4-10-30)22(33)23-5-7-24(17-23,8-6-23)31-16-20(27-28-31)18-13-19(21(25)32)15-26-14-18/h13-16H,2-12,17H2,1H3,(H2,25,32). The zero-order chi connectivity index (χ0) is 23.1. The largest absolute Gasteiger partial charge is 0.366 e. The molecule has 3 fully saturated rings. The minimum atomic E-state index is -0.519. The molecule has 9 heteroatoms. The van der Waals surface area contributed by atoms with E-state index in [9.17, 15) is 9.59 Å². The Morgan fingerprint density at radius 1 is 1.12 bits per heavy atom. The van der Waals surface area contributed by atoms with E-state index in [1.807, 2.05) is 22.8 Å². The van der Waals surface area contributed by atoms with Crippen LogP contribution in [0.2, 0.25) is 0 Å². The highest BCUT2D eigenvalue weighted by Gasteiger charge is 2.60. The van der Waals surface area contributed by atoms with Gasteiger partial charge in [-0.05, 0) is 64.1 Å². The molecular weight excluding hydrogens is 418 g/mol. The summed E-state index contributed by atoms with van der Waals surface area (Å²) in [5.74, 6) is -0.229. The van der Waals surface area contributed by atoms with E-state index in [-0.39, 0.29) is 16.9 Å². The van der Waals surface area contributed by atoms with Crippen molar-refractivity contribution in [2.24, 2.45) is 11.1 Å². The van der Waals surface area contributed by atoms with Gasteiger partial charge in [-0.15, -0.1) is 5.10 Å². The average Bonchev–Trinajstić information content (AvgIpc) is 3.58. The summed E-state index contributed by atoms with van der Waals surface area (Å²) < 4.78 is 1.95. The third-order valence-corrected chi connectivity index (χ3v) is 8.10. The Kier molecular flexibility index (Phi) is 5.68. The number of carbonyl (C=O) groups is 2. The molecule has 2 amide bonds. The summed E-state index contributed by atoms with van der Waals surface area (Å²) in [6.07, 6.45) is 13.4. The van der Waals surface area contributed by atoms with Gasteiger partial charge in [0.2, 0.25) is 11.8 Å². The van der Waals surface area contributed by atoms with Gasteiger partial charge in [-0.25, -0.2) is 4.68 Å². The van der Waals surface area contributed by atoms with Crippen molar-refractivity contribution in [3.05, 3.63) is 30.2 Å². The SMILES string of the molecule is CN(CCN1CCCCC1)C(=O)C12CCC(n3cc(-c4cncc(C(N)=O)c4)nn3)(CC1)C2. The minimum Gasteiger partial charge on any atom is -0.366 e. The highest BCUT2D eigenvalue weighted by molar-refractivity contribution is 5.93. The first-order valence-corrected chi connectivity index (χ1v) is 12.1. The average molecular weight is 452 g/mol. The molecule has 1 aliphatic heterocycles. The van der Waals surface area contributed by atoms with Gasteiger partial charge >= 0.3 is 0 Å². The van der Waals surface area contributed by atoms with Crippen LogP contribution in [0.3, 0.4) is 0 Å². The van der Waals surface area contributed by atoms with Crippen LogP contribution in [0.5, 0.6) is 0 Å². The van der Waals surface area contributed by atoms with Crippen LogP contribution in [-0.2, 0) is 10.3 Å². The van der Waals surface area contributed by atoms with Crippen LogP contribution in [0.4, 0.5) is 0 Å². The maximum atomic E-state index is 13.5. The van der Waals surface area contributed by atoms with E-state index in [1.165, 1.54) is 25.5 Å². The molecule has 1 saturated heterocycles. The normalized spacial score (nSPS) is 27.1. The first-order valence-electron chi connectivity index (χ1n) is 12.1. The fraction of sp³-hybridized carbons (Fsp3) is 0.625. The predicted octanol–water partition coefficient (Wildman–Crippen LogP) is 2.04. The summed E-state index contributed by atoms with van der Waals surface area (Å²) in [5.41, 5.74) is 6.66. The van der Waals surface area contributed by atoms with Gasteiger partial charge in [-0.2, -0.15) is 0 Å². The van der Waals surface area contributed by atoms with Crippen LogP contribution >= 0.6 is 0 Å². The monoisotopic (exact) mass is 451 g/mol. The predicted molar refractivity (Wildman–Crippen MR) is 123 cm³/mol. The number of hydrogen-bond donors (Lipinski definition) is 1. The number of nitrogens with two attached hydrogens (primary N) is 1. The first-order chi connectivity index (χ1) is 15.9. The molecule has 2 aliphatic carbocycles. The molecule has 2 aromatic rings. The second-order valence-electron chi connectivity index (χ2n) is 10.2. The molecule has 33 heavy (non-hydrogen) atoms. The van der Waals surface area contributed by atoms with Gasteiger partial charge in [0.15, 0.2) is 0 Å². The quantitative estimate of drug-likeness (QED) is 0.690. The molecule has 176 valence electrons. The Labute approximate surface area is 194 Å². The molecule has 2 bridgehead atoms. The van der Waals surface area contributed by atoms with Crippen molar-refractivity contribution >= 4 is 11.8 Å². The Morgan fingerprint density at radius 2 is 1.88 bits per heavy atom. The molecule has 2 saturated carbocycles. The van der Waals surface area contributed by atoms with Crippen molar-refractivity contribution < 1.29 is 9.59 Å². The summed E-state index contributed by atoms with van der Waals surface area (Å²) in [6, 6.07) is 1.69. The number of primary amides is 1. The number of likely N-dealkylation sites (tertiary alicyclic amines) is 1. The number of amides is 2. The maximum Gasteiger partial charge on any atom is 0.250 e. The number of piperidine rings is 1. The number of fused-ring (bicyclic) bond motifs is 2. The maximum absolute atomic E-state index is 13.5. The van der Waals surface area contributed by atoms with Crippen molar-refractivity contribution in [2.75, 3.05) is 33.2 Å². The molecule has 0 aromatic carbocycles. The highest BCUT2D eigenvalue weighted by atomic mass is 16.2. The molecule has 0 unspecified atom stereocenters. The van der Waals surface area contributed by atoms with Crippen molar-refractivity contribution in [2.45, 2.75) is 56.9 Å². The van der Waals surface area contributed by atoms with E-state index in [0.29, 0.717) is 16.8 Å². The molecule has 3 aliphatic rings. The molecule has 0 atom stereocenters. The number of rotatable bonds is 7. The molecular formula is C24H33N7O2. The zero-order valence-electron chi connectivity index (χ0n) is 19.4. The smallest absolute Gasteiger partial charge is 0.250 e. The van der Waals surface area contributed by atoms with Crippen molar-refractivity contribution in [3.63, 3.8) is 0 Å². The van der Waals surface area contributed by atoms with Crippen LogP contribution in [0.1, 0.15) is 61.7 Å². The number of hydrogen-bond acceptors (Lipinski definition) is 6. The summed E-state index contributed by atoms with van der Waals surface area (Å²) in [5, 5.41) is 8.79. The lowest BCUT2D eigenvalue weighted by Crippen LogP contribution is -2.44. The Hall–Kier alpha value is -2.81. The first kappa shape index (κ1) is 22.0. The van der Waals surface area contributed by atoms with Crippen LogP contribution in [0.25, 0.3) is 11.3 Å². The van der Waals surface area contributed by atoms with Crippen LogP contribution < -0.4 is 5.73 Å². The zero-order valence-corrected chi connectivity index (χ0v) is 19.4. The van der Waals surface area contributed by atoms with E-state index in [2.05, 4.69) is 20.2 Å². The molecule has 5 rings (SSSR count). The lowest BCUT2D eigenvalue weighted by atomic mass is 9.82. The van der Waals surface area contributed by atoms with Gasteiger partial charge in [0.25, 0.3) is 0 Å². The van der Waals surface area contributed by atoms with Gasteiger partial charge in [0.1, 0.15) is 5.69 Å². The molecule has 0 radical (unpaired) electrons. The van der Waals surface area contributed by atoms with Crippen LogP contribution in [0.15, 0.2) is 24.7 Å². The highest BCUT2D eigenvalue weighted by Crippen LogP contribution is 2.60. The van der Waals surface area contributed by atoms with Crippen LogP contribution in [-0.4, -0.2) is 74.8 Å². The number of pyridine rings is 1. The lowest BCUT2D eigenvalue weighted by molar-refractivity contribution is -0.140. The van der Waals surface area contributed by atoms with Gasteiger partial charge in [-0.3, -0.25) is 14.6 Å². The second-order valence-corrected chi connectivity index (χ2v) is 10.2. The summed E-state index contributed by atoms with van der Waals surface area (Å²) in [4.78, 5) is 33.6. The summed E-state index contributed by atoms with van der Waals surface area (Å²) >= 11 is 0. The molecule has 2 aromatic heterocycles. The van der Waals surface area contributed by atoms with Gasteiger partial charge < -0.3 is 15.5 Å². The number of carbonyl (C=O) groups excluding carboxylic acids is 2. The van der Waals surface area contributed by atoms with E-state index in [1.54, 1.807) is 12.3 Å². The van der Waals surface area contributed by atoms with E-state index in [4.69, 9.17) is 5.73 Å². The number of likely N-dealkylation sites (N-methyl/N-ethyl adjacent to an activating group) is 1. The van der Waals surface area contributed by atoms with Crippen LogP contribution in [0, 0.1) is 5.41 Å². The second kappa shape index (κ2) is 8.52. The molecule has 2 N–H and O–H groups in total. The molecule has 3 heterocycles. The third kappa shape index (κ3) is 4.03. The lowest BCUT2D eigenvalue weighted by Gasteiger charge is -2.33. The Balaban J connectivity index is 1.27. The summed E-state index contributed by atoms with van der Waals surface area (Å²) in [7, 11) is 1.96. The Morgan fingerprint density at radius 3 is 2.61 bits per heavy atom. The van der Waals surface area contributed by atoms with Gasteiger partial charge in [0.05, 0.1) is 22.7 Å². The van der Waals surface area contributed by atoms with Crippen molar-refractivity contribution in [1.29, 1.82) is 0 Å². The van der Waals surface area contributed by atoms with E-state index in [0.717, 1.165) is 58.3 Å². The fourth-order valence-corrected chi connectivity index (χ4v) is 6.10. The van der Waals surface area contributed by atoms with Gasteiger partial charge in [-0.1, -0.05) is 11.6 Å². The number of nitrogens with zero attached hydrogens (tertiary/aromatic N) is 6. The van der Waals surface area contributed by atoms with E-state index >= 15 is 0 Å². The van der Waals surface area contributed by atoms with Gasteiger partial charge in [0, 0.05) is 38.1 Å². The Bertz CT molecular complexity index is 1030. The van der Waals surface area contributed by atoms with E-state index < -0.39 is 5.91 Å². The third-order valence-electron chi connectivity index (χ3n) is 8.10. The molecule has 9 nitrogen and oxygen atoms in total. The fourth-order valence-electron chi connectivity index (χ4n) is 6.10. The minimum absolute atomic E-state index is 0.163. The topological polar surface area (TPSA) is 110 Å². The van der Waals surface area contributed by atoms with Crippen molar-refractivity contribution in [3.8, 4) is 11.3 Å².